The summed E-state index contributed by atoms with van der Waals surface area (Å²) in [5, 5.41) is 2.88. The number of thioether (sulfide) groups is 1. The molecule has 1 N–H and O–H groups in total. The van der Waals surface area contributed by atoms with E-state index in [0.717, 1.165) is 36.3 Å². The number of hydrogen-bond donors (Lipinski definition) is 1. The van der Waals surface area contributed by atoms with Crippen LogP contribution in [-0.2, 0) is 14.8 Å². The van der Waals surface area contributed by atoms with Crippen molar-refractivity contribution in [2.45, 2.75) is 48.4 Å². The van der Waals surface area contributed by atoms with E-state index >= 15 is 0 Å². The van der Waals surface area contributed by atoms with E-state index in [4.69, 9.17) is 4.74 Å². The molecule has 0 aromatic heterocycles. The van der Waals surface area contributed by atoms with E-state index in [2.05, 4.69) is 5.32 Å². The number of nitrogens with zero attached hydrogens (tertiary/aromatic N) is 1. The van der Waals surface area contributed by atoms with E-state index in [-0.39, 0.29) is 16.8 Å². The van der Waals surface area contributed by atoms with Gasteiger partial charge in [0.15, 0.2) is 0 Å². The van der Waals surface area contributed by atoms with Gasteiger partial charge in [0.05, 0.1) is 17.1 Å². The Balaban J connectivity index is 1.72. The van der Waals surface area contributed by atoms with E-state index in [1.54, 1.807) is 53.5 Å². The maximum absolute atomic E-state index is 13.1. The van der Waals surface area contributed by atoms with Crippen LogP contribution in [0.3, 0.4) is 0 Å². The number of benzene rings is 2. The monoisotopic (exact) mass is 462 g/mol. The first-order valence-corrected chi connectivity index (χ1v) is 13.0. The van der Waals surface area contributed by atoms with Crippen LogP contribution in [0.4, 0.5) is 5.69 Å². The highest BCUT2D eigenvalue weighted by atomic mass is 32.2. The molecule has 1 atom stereocenters. The van der Waals surface area contributed by atoms with Crippen molar-refractivity contribution >= 4 is 33.4 Å². The Hall–Kier alpha value is -1.87. The highest BCUT2D eigenvalue weighted by molar-refractivity contribution is 7.99. The molecule has 3 rings (SSSR count). The molecule has 0 radical (unpaired) electrons. The molecule has 1 heterocycles. The molecule has 0 unspecified atom stereocenters. The van der Waals surface area contributed by atoms with Crippen LogP contribution >= 0.6 is 11.8 Å². The lowest BCUT2D eigenvalue weighted by Gasteiger charge is -2.34. The minimum absolute atomic E-state index is 0.0604. The predicted octanol–water partition coefficient (Wildman–Crippen LogP) is 4.63. The molecule has 0 spiro atoms. The number of rotatable bonds is 9. The Labute approximate surface area is 189 Å². The third-order valence-electron chi connectivity index (χ3n) is 5.44. The van der Waals surface area contributed by atoms with Gasteiger partial charge in [-0.3, -0.25) is 4.79 Å². The summed E-state index contributed by atoms with van der Waals surface area (Å²) in [4.78, 5) is 13.9. The molecule has 8 heteroatoms. The fourth-order valence-electron chi connectivity index (χ4n) is 3.76. The molecule has 1 aliphatic heterocycles. The van der Waals surface area contributed by atoms with Gasteiger partial charge in [0.1, 0.15) is 0 Å². The van der Waals surface area contributed by atoms with Crippen molar-refractivity contribution in [1.29, 1.82) is 0 Å². The number of piperidine rings is 1. The summed E-state index contributed by atoms with van der Waals surface area (Å²) in [6, 6.07) is 13.9. The fourth-order valence-corrected chi connectivity index (χ4v) is 6.49. The predicted molar refractivity (Wildman–Crippen MR) is 125 cm³/mol. The van der Waals surface area contributed by atoms with Crippen molar-refractivity contribution in [2.24, 2.45) is 0 Å². The summed E-state index contributed by atoms with van der Waals surface area (Å²) in [7, 11) is -1.89. The van der Waals surface area contributed by atoms with Gasteiger partial charge in [-0.2, -0.15) is 4.31 Å². The van der Waals surface area contributed by atoms with Crippen molar-refractivity contribution in [3.8, 4) is 0 Å². The zero-order valence-corrected chi connectivity index (χ0v) is 19.7. The van der Waals surface area contributed by atoms with Crippen molar-refractivity contribution < 1.29 is 17.9 Å². The van der Waals surface area contributed by atoms with Gasteiger partial charge in [-0.25, -0.2) is 8.42 Å². The van der Waals surface area contributed by atoms with E-state index < -0.39 is 10.0 Å². The molecule has 0 saturated carbocycles. The fraction of sp³-hybridized carbons (Fsp3) is 0.435. The maximum Gasteiger partial charge on any atom is 0.256 e. The second kappa shape index (κ2) is 11.1. The number of anilines is 1. The van der Waals surface area contributed by atoms with Crippen molar-refractivity contribution in [2.75, 3.05) is 31.3 Å². The number of sulfonamides is 1. The summed E-state index contributed by atoms with van der Waals surface area (Å²) in [5.41, 5.74) is 1.14. The first kappa shape index (κ1) is 23.8. The van der Waals surface area contributed by atoms with Gasteiger partial charge >= 0.3 is 0 Å². The van der Waals surface area contributed by atoms with Crippen LogP contribution in [0.2, 0.25) is 0 Å². The van der Waals surface area contributed by atoms with Crippen LogP contribution in [-0.4, -0.2) is 50.7 Å². The van der Waals surface area contributed by atoms with Crippen LogP contribution < -0.4 is 5.32 Å². The molecular weight excluding hydrogens is 432 g/mol. The Bertz CT molecular complexity index is 977. The average molecular weight is 463 g/mol. The van der Waals surface area contributed by atoms with Crippen molar-refractivity contribution in [3.05, 3.63) is 54.1 Å². The molecule has 31 heavy (non-hydrogen) atoms. The lowest BCUT2D eigenvalue weighted by molar-refractivity contribution is 0.102. The highest BCUT2D eigenvalue weighted by Gasteiger charge is 2.32. The lowest BCUT2D eigenvalue weighted by Crippen LogP contribution is -2.43. The van der Waals surface area contributed by atoms with Gasteiger partial charge in [-0.15, -0.1) is 11.8 Å². The minimum atomic E-state index is -3.53. The number of ether oxygens (including phenoxy) is 1. The van der Waals surface area contributed by atoms with Gasteiger partial charge < -0.3 is 10.1 Å². The number of carbonyl (C=O) groups excluding carboxylic acids is 1. The Morgan fingerprint density at radius 2 is 1.90 bits per heavy atom. The number of amides is 1. The minimum Gasteiger partial charge on any atom is -0.384 e. The van der Waals surface area contributed by atoms with E-state index in [9.17, 15) is 13.2 Å². The Morgan fingerprint density at radius 1 is 1.16 bits per heavy atom. The molecule has 2 aromatic rings. The Morgan fingerprint density at radius 3 is 2.61 bits per heavy atom. The quantitative estimate of drug-likeness (QED) is 0.434. The molecule has 1 amide bonds. The molecule has 0 bridgehead atoms. The largest absolute Gasteiger partial charge is 0.384 e. The summed E-state index contributed by atoms with van der Waals surface area (Å²) in [6.07, 6.45) is 3.69. The number of nitrogens with one attached hydrogen (secondary N) is 1. The zero-order chi connectivity index (χ0) is 22.3. The molecular formula is C23H30N2O4S2. The van der Waals surface area contributed by atoms with Crippen LogP contribution in [0.15, 0.2) is 58.3 Å². The van der Waals surface area contributed by atoms with Gasteiger partial charge in [0.2, 0.25) is 10.0 Å². The van der Waals surface area contributed by atoms with Gasteiger partial charge in [0, 0.05) is 36.0 Å². The van der Waals surface area contributed by atoms with E-state index in [1.807, 2.05) is 25.1 Å². The van der Waals surface area contributed by atoms with E-state index in [0.29, 0.717) is 24.4 Å². The maximum atomic E-state index is 13.1. The molecule has 168 valence electrons. The average Bonchev–Trinajstić information content (AvgIpc) is 2.80. The summed E-state index contributed by atoms with van der Waals surface area (Å²) < 4.78 is 32.9. The molecule has 1 fully saturated rings. The van der Waals surface area contributed by atoms with E-state index in [1.165, 1.54) is 0 Å². The SMILES string of the molecule is CC[C@@H]1CCCCN1S(=O)(=O)c1ccc(NC(=O)c2ccccc2SCCOC)cc1. The molecule has 1 aliphatic rings. The standard InChI is InChI=1S/C23H30N2O4S2/c1-3-19-8-6-7-15-25(19)31(27,28)20-13-11-18(12-14-20)24-23(26)21-9-4-5-10-22(21)30-17-16-29-2/h4-5,9-14,19H,3,6-8,15-17H2,1-2H3,(H,24,26)/t19-/m1/s1. The highest BCUT2D eigenvalue weighted by Crippen LogP contribution is 2.28. The lowest BCUT2D eigenvalue weighted by atomic mass is 10.0. The molecule has 2 aromatic carbocycles. The molecule has 1 saturated heterocycles. The van der Waals surface area contributed by atoms with Gasteiger partial charge in [-0.1, -0.05) is 25.5 Å². The summed E-state index contributed by atoms with van der Waals surface area (Å²) in [6.45, 7) is 3.20. The van der Waals surface area contributed by atoms with Gasteiger partial charge in [-0.05, 0) is 55.7 Å². The Kier molecular flexibility index (Phi) is 8.54. The van der Waals surface area contributed by atoms with Crippen molar-refractivity contribution in [1.82, 2.24) is 4.31 Å². The van der Waals surface area contributed by atoms with Crippen molar-refractivity contribution in [3.63, 3.8) is 0 Å². The number of methoxy groups -OCH3 is 1. The molecule has 6 nitrogen and oxygen atoms in total. The van der Waals surface area contributed by atoms with Crippen LogP contribution in [0.5, 0.6) is 0 Å². The third-order valence-corrected chi connectivity index (χ3v) is 8.44. The summed E-state index contributed by atoms with van der Waals surface area (Å²) in [5.74, 6) is 0.529. The number of hydrogen-bond acceptors (Lipinski definition) is 5. The van der Waals surface area contributed by atoms with Crippen LogP contribution in [0, 0.1) is 0 Å². The first-order valence-electron chi connectivity index (χ1n) is 10.6. The normalized spacial score (nSPS) is 17.4. The second-order valence-electron chi connectivity index (χ2n) is 7.49. The molecule has 0 aliphatic carbocycles. The van der Waals surface area contributed by atoms with Crippen LogP contribution in [0.25, 0.3) is 0 Å². The van der Waals surface area contributed by atoms with Crippen LogP contribution in [0.1, 0.15) is 43.0 Å². The topological polar surface area (TPSA) is 75.7 Å². The zero-order valence-electron chi connectivity index (χ0n) is 18.0. The second-order valence-corrected chi connectivity index (χ2v) is 10.5. The third kappa shape index (κ3) is 5.88. The van der Waals surface area contributed by atoms with Gasteiger partial charge in [0.25, 0.3) is 5.91 Å². The first-order chi connectivity index (χ1) is 15.0. The summed E-state index contributed by atoms with van der Waals surface area (Å²) >= 11 is 1.56. The number of carbonyl (C=O) groups is 1. The smallest absolute Gasteiger partial charge is 0.256 e.